The molecule has 3 rings (SSSR count). The van der Waals surface area contributed by atoms with Crippen molar-refractivity contribution in [3.63, 3.8) is 0 Å². The molecule has 30 heavy (non-hydrogen) atoms. The van der Waals surface area contributed by atoms with Gasteiger partial charge in [-0.25, -0.2) is 21.6 Å². The minimum atomic E-state index is -4.09. The summed E-state index contributed by atoms with van der Waals surface area (Å²) >= 11 is 1.95. The number of hydrogen-bond acceptors (Lipinski definition) is 4. The van der Waals surface area contributed by atoms with Crippen LogP contribution in [-0.4, -0.2) is 30.6 Å². The van der Waals surface area contributed by atoms with Crippen molar-refractivity contribution in [1.29, 1.82) is 0 Å². The van der Waals surface area contributed by atoms with E-state index in [-0.39, 0.29) is 35.6 Å². The highest BCUT2D eigenvalue weighted by Crippen LogP contribution is 2.48. The van der Waals surface area contributed by atoms with Crippen molar-refractivity contribution >= 4 is 49.8 Å². The number of sulfonamides is 1. The fourth-order valence-electron chi connectivity index (χ4n) is 3.27. The van der Waals surface area contributed by atoms with Crippen LogP contribution in [0.15, 0.2) is 29.1 Å². The van der Waals surface area contributed by atoms with Crippen LogP contribution < -0.4 is 15.6 Å². The standard InChI is InChI=1S/C19H21F3IN3O3S/c1-11-7-16(25-30(28,29)19(5-6-19)9-12(21)10-20)17(26(2)18(11)27)24-15-4-3-13(23)8-14(15)22/h3-4,7-8,12,24-25H,5-6,9-10H2,1-2H3/t12-/m1/s1. The second kappa shape index (κ2) is 8.40. The molecule has 0 aliphatic heterocycles. The molecule has 0 saturated heterocycles. The van der Waals surface area contributed by atoms with Crippen LogP contribution in [0.3, 0.4) is 0 Å². The van der Waals surface area contributed by atoms with Crippen LogP contribution in [0.4, 0.5) is 30.4 Å². The van der Waals surface area contributed by atoms with Crippen LogP contribution >= 0.6 is 22.6 Å². The largest absolute Gasteiger partial charge is 0.337 e. The summed E-state index contributed by atoms with van der Waals surface area (Å²) in [4.78, 5) is 12.4. The molecule has 164 valence electrons. The van der Waals surface area contributed by atoms with Gasteiger partial charge in [0.2, 0.25) is 10.0 Å². The molecule has 1 aromatic heterocycles. The molecular formula is C19H21F3IN3O3S. The summed E-state index contributed by atoms with van der Waals surface area (Å²) in [6, 6.07) is 5.75. The summed E-state index contributed by atoms with van der Waals surface area (Å²) in [6.45, 7) is 0.262. The first-order valence-corrected chi connectivity index (χ1v) is 11.7. The Hall–Kier alpha value is -1.76. The van der Waals surface area contributed by atoms with Crippen molar-refractivity contribution in [2.75, 3.05) is 16.7 Å². The summed E-state index contributed by atoms with van der Waals surface area (Å²) in [5.41, 5.74) is -0.0545. The molecule has 1 aliphatic rings. The van der Waals surface area contributed by atoms with E-state index in [1.165, 1.54) is 36.7 Å². The monoisotopic (exact) mass is 555 g/mol. The van der Waals surface area contributed by atoms with Gasteiger partial charge in [-0.1, -0.05) is 0 Å². The van der Waals surface area contributed by atoms with Gasteiger partial charge < -0.3 is 5.32 Å². The van der Waals surface area contributed by atoms with E-state index in [0.717, 1.165) is 0 Å². The number of halogens is 4. The number of pyridine rings is 1. The van der Waals surface area contributed by atoms with Gasteiger partial charge in [-0.3, -0.25) is 14.1 Å². The van der Waals surface area contributed by atoms with Gasteiger partial charge in [-0.15, -0.1) is 0 Å². The molecule has 0 amide bonds. The number of nitrogens with zero attached hydrogens (tertiary/aromatic N) is 1. The van der Waals surface area contributed by atoms with Crippen molar-refractivity contribution in [2.24, 2.45) is 7.05 Å². The lowest BCUT2D eigenvalue weighted by Gasteiger charge is -2.22. The van der Waals surface area contributed by atoms with Crippen LogP contribution in [0.1, 0.15) is 24.8 Å². The van der Waals surface area contributed by atoms with Crippen LogP contribution in [0.2, 0.25) is 0 Å². The van der Waals surface area contributed by atoms with E-state index in [0.29, 0.717) is 3.57 Å². The summed E-state index contributed by atoms with van der Waals surface area (Å²) < 4.78 is 69.3. The summed E-state index contributed by atoms with van der Waals surface area (Å²) in [5.74, 6) is -0.544. The molecule has 6 nitrogen and oxygen atoms in total. The minimum Gasteiger partial charge on any atom is -0.337 e. The van der Waals surface area contributed by atoms with Crippen LogP contribution in [0, 0.1) is 16.3 Å². The molecule has 2 N–H and O–H groups in total. The molecule has 1 fully saturated rings. The molecule has 0 unspecified atom stereocenters. The Bertz CT molecular complexity index is 1130. The third-order valence-electron chi connectivity index (χ3n) is 5.16. The van der Waals surface area contributed by atoms with Gasteiger partial charge in [-0.05, 0) is 66.6 Å². The molecule has 1 heterocycles. The van der Waals surface area contributed by atoms with E-state index < -0.39 is 45.4 Å². The highest BCUT2D eigenvalue weighted by Gasteiger charge is 2.56. The zero-order valence-corrected chi connectivity index (χ0v) is 19.3. The molecule has 11 heteroatoms. The van der Waals surface area contributed by atoms with Gasteiger partial charge in [0, 0.05) is 22.6 Å². The number of hydrogen-bond donors (Lipinski definition) is 2. The van der Waals surface area contributed by atoms with Gasteiger partial charge in [-0.2, -0.15) is 0 Å². The predicted molar refractivity (Wildman–Crippen MR) is 119 cm³/mol. The Balaban J connectivity index is 2.01. The zero-order valence-electron chi connectivity index (χ0n) is 16.3. The van der Waals surface area contributed by atoms with Crippen molar-refractivity contribution in [2.45, 2.75) is 37.1 Å². The summed E-state index contributed by atoms with van der Waals surface area (Å²) in [7, 11) is -2.67. The van der Waals surface area contributed by atoms with E-state index in [4.69, 9.17) is 0 Å². The number of aryl methyl sites for hydroxylation is 1. The number of anilines is 3. The lowest BCUT2D eigenvalue weighted by Crippen LogP contribution is -2.34. The van der Waals surface area contributed by atoms with Gasteiger partial charge in [0.1, 0.15) is 24.5 Å². The molecule has 1 aliphatic carbocycles. The Kier molecular flexibility index (Phi) is 6.42. The maximum atomic E-state index is 14.3. The SMILES string of the molecule is Cc1cc(NS(=O)(=O)C2(C[C@@H](F)CF)CC2)c(Nc2ccc(I)cc2F)n(C)c1=O. The fourth-order valence-corrected chi connectivity index (χ4v) is 5.43. The van der Waals surface area contributed by atoms with Gasteiger partial charge in [0.25, 0.3) is 5.56 Å². The third kappa shape index (κ3) is 4.46. The van der Waals surface area contributed by atoms with E-state index in [9.17, 15) is 26.4 Å². The smallest absolute Gasteiger partial charge is 0.254 e. The molecule has 1 saturated carbocycles. The molecule has 1 atom stereocenters. The molecule has 2 aromatic rings. The van der Waals surface area contributed by atoms with Crippen molar-refractivity contribution in [3.8, 4) is 0 Å². The van der Waals surface area contributed by atoms with E-state index >= 15 is 0 Å². The van der Waals surface area contributed by atoms with Crippen molar-refractivity contribution in [3.05, 3.63) is 49.6 Å². The van der Waals surface area contributed by atoms with Crippen LogP contribution in [0.5, 0.6) is 0 Å². The highest BCUT2D eigenvalue weighted by molar-refractivity contribution is 14.1. The van der Waals surface area contributed by atoms with Gasteiger partial charge in [0.05, 0.1) is 16.1 Å². The van der Waals surface area contributed by atoms with E-state index in [1.54, 1.807) is 6.07 Å². The topological polar surface area (TPSA) is 80.2 Å². The lowest BCUT2D eigenvalue weighted by atomic mass is 10.2. The third-order valence-corrected chi connectivity index (χ3v) is 8.04. The minimum absolute atomic E-state index is 0.0227. The number of benzene rings is 1. The number of alkyl halides is 2. The second-order valence-corrected chi connectivity index (χ2v) is 10.8. The van der Waals surface area contributed by atoms with Crippen LogP contribution in [-0.2, 0) is 17.1 Å². The van der Waals surface area contributed by atoms with Crippen molar-refractivity contribution in [1.82, 2.24) is 4.57 Å². The first kappa shape index (κ1) is 22.9. The summed E-state index contributed by atoms with van der Waals surface area (Å²) in [6.07, 6.45) is -1.90. The number of nitrogens with one attached hydrogen (secondary N) is 2. The number of rotatable bonds is 8. The van der Waals surface area contributed by atoms with Crippen molar-refractivity contribution < 1.29 is 21.6 Å². The van der Waals surface area contributed by atoms with E-state index in [1.807, 2.05) is 22.6 Å². The Morgan fingerprint density at radius 3 is 2.50 bits per heavy atom. The average Bonchev–Trinajstić information content (AvgIpc) is 3.45. The predicted octanol–water partition coefficient (Wildman–Crippen LogP) is 4.15. The normalized spacial score (nSPS) is 16.2. The highest BCUT2D eigenvalue weighted by atomic mass is 127. The van der Waals surface area contributed by atoms with Gasteiger partial charge >= 0.3 is 0 Å². The molecule has 0 spiro atoms. The van der Waals surface area contributed by atoms with E-state index in [2.05, 4.69) is 10.0 Å². The zero-order chi connectivity index (χ0) is 22.3. The maximum absolute atomic E-state index is 14.3. The lowest BCUT2D eigenvalue weighted by molar-refractivity contribution is 0.242. The molecular weight excluding hydrogens is 534 g/mol. The summed E-state index contributed by atoms with van der Waals surface area (Å²) in [5, 5.41) is 2.77. The average molecular weight is 555 g/mol. The number of aromatic nitrogens is 1. The Morgan fingerprint density at radius 1 is 1.27 bits per heavy atom. The Morgan fingerprint density at radius 2 is 1.93 bits per heavy atom. The molecule has 0 bridgehead atoms. The maximum Gasteiger partial charge on any atom is 0.254 e. The molecule has 1 aromatic carbocycles. The quantitative estimate of drug-likeness (QED) is 0.480. The fraction of sp³-hybridized carbons (Fsp3) is 0.421. The second-order valence-electron chi connectivity index (χ2n) is 7.45. The first-order valence-electron chi connectivity index (χ1n) is 9.15. The van der Waals surface area contributed by atoms with Gasteiger partial charge in [0.15, 0.2) is 0 Å². The molecule has 0 radical (unpaired) electrons. The van der Waals surface area contributed by atoms with Crippen LogP contribution in [0.25, 0.3) is 0 Å². The Labute approximate surface area is 186 Å². The first-order chi connectivity index (χ1) is 14.0.